The van der Waals surface area contributed by atoms with Crippen molar-refractivity contribution in [2.45, 2.75) is 19.8 Å². The third-order valence-electron chi connectivity index (χ3n) is 3.75. The molecule has 0 aromatic heterocycles. The molecule has 1 saturated heterocycles. The first-order valence-electron chi connectivity index (χ1n) is 7.44. The monoisotopic (exact) mass is 306 g/mol. The van der Waals surface area contributed by atoms with Crippen molar-refractivity contribution in [1.82, 2.24) is 18.8 Å². The van der Waals surface area contributed by atoms with Gasteiger partial charge in [0.05, 0.1) is 0 Å². The second kappa shape index (κ2) is 8.29. The molecule has 1 N–H and O–H groups in total. The number of piperidine rings is 1. The van der Waals surface area contributed by atoms with Crippen LogP contribution in [0.25, 0.3) is 0 Å². The highest BCUT2D eigenvalue weighted by molar-refractivity contribution is 7.86. The van der Waals surface area contributed by atoms with Gasteiger partial charge >= 0.3 is 0 Å². The van der Waals surface area contributed by atoms with Crippen LogP contribution in [0.5, 0.6) is 0 Å². The molecular formula is C13H30N4O2S. The highest BCUT2D eigenvalue weighted by Gasteiger charge is 2.31. The maximum atomic E-state index is 12.5. The van der Waals surface area contributed by atoms with Gasteiger partial charge in [0.2, 0.25) is 0 Å². The van der Waals surface area contributed by atoms with E-state index in [0.717, 1.165) is 32.5 Å². The predicted molar refractivity (Wildman–Crippen MR) is 82.9 cm³/mol. The molecule has 0 aromatic carbocycles. The Morgan fingerprint density at radius 3 is 2.55 bits per heavy atom. The van der Waals surface area contributed by atoms with Crippen molar-refractivity contribution in [3.63, 3.8) is 0 Å². The number of hydrogen-bond donors (Lipinski definition) is 1. The van der Waals surface area contributed by atoms with Crippen molar-refractivity contribution in [2.24, 2.45) is 5.92 Å². The molecule has 120 valence electrons. The Labute approximate surface area is 124 Å². The van der Waals surface area contributed by atoms with Crippen LogP contribution in [0.4, 0.5) is 0 Å². The van der Waals surface area contributed by atoms with Crippen molar-refractivity contribution in [3.8, 4) is 0 Å². The van der Waals surface area contributed by atoms with Gasteiger partial charge in [0.1, 0.15) is 0 Å². The Balaban J connectivity index is 2.57. The molecule has 1 unspecified atom stereocenters. The van der Waals surface area contributed by atoms with E-state index in [-0.39, 0.29) is 0 Å². The molecule has 1 rings (SSSR count). The van der Waals surface area contributed by atoms with Crippen LogP contribution in [0.1, 0.15) is 19.8 Å². The Bertz CT molecular complexity index is 373. The molecule has 0 spiro atoms. The zero-order valence-corrected chi connectivity index (χ0v) is 14.1. The molecule has 0 aliphatic carbocycles. The quantitative estimate of drug-likeness (QED) is 0.688. The lowest BCUT2D eigenvalue weighted by Gasteiger charge is -2.34. The van der Waals surface area contributed by atoms with Crippen molar-refractivity contribution >= 4 is 10.2 Å². The minimum Gasteiger partial charge on any atom is -0.317 e. The minimum atomic E-state index is -3.30. The van der Waals surface area contributed by atoms with Gasteiger partial charge in [-0.3, -0.25) is 0 Å². The zero-order valence-electron chi connectivity index (χ0n) is 13.3. The van der Waals surface area contributed by atoms with Gasteiger partial charge in [-0.25, -0.2) is 0 Å². The number of nitrogens with one attached hydrogen (secondary N) is 1. The van der Waals surface area contributed by atoms with E-state index in [1.54, 1.807) is 11.4 Å². The molecule has 1 aliphatic heterocycles. The summed E-state index contributed by atoms with van der Waals surface area (Å²) in [6.07, 6.45) is 2.07. The van der Waals surface area contributed by atoms with Crippen LogP contribution in [0, 0.1) is 5.92 Å². The van der Waals surface area contributed by atoms with Crippen LogP contribution < -0.4 is 5.32 Å². The molecule has 0 saturated carbocycles. The summed E-state index contributed by atoms with van der Waals surface area (Å²) in [5, 5.41) is 3.32. The van der Waals surface area contributed by atoms with Crippen LogP contribution in [-0.2, 0) is 10.2 Å². The highest BCUT2D eigenvalue weighted by atomic mass is 32.2. The third-order valence-corrected chi connectivity index (χ3v) is 5.70. The number of nitrogens with zero attached hydrogens (tertiary/aromatic N) is 3. The van der Waals surface area contributed by atoms with E-state index < -0.39 is 10.2 Å². The molecule has 1 heterocycles. The van der Waals surface area contributed by atoms with Crippen LogP contribution in [0.2, 0.25) is 0 Å². The van der Waals surface area contributed by atoms with Gasteiger partial charge in [-0.15, -0.1) is 0 Å². The molecule has 0 radical (unpaired) electrons. The van der Waals surface area contributed by atoms with Gasteiger partial charge < -0.3 is 10.2 Å². The molecule has 0 amide bonds. The first-order chi connectivity index (χ1) is 9.37. The van der Waals surface area contributed by atoms with Crippen LogP contribution >= 0.6 is 0 Å². The second-order valence-corrected chi connectivity index (χ2v) is 7.84. The fraction of sp³-hybridized carbons (Fsp3) is 1.00. The van der Waals surface area contributed by atoms with Gasteiger partial charge in [-0.05, 0) is 45.9 Å². The summed E-state index contributed by atoms with van der Waals surface area (Å²) in [5.41, 5.74) is 0. The molecular weight excluding hydrogens is 276 g/mol. The number of hydrogen-bond acceptors (Lipinski definition) is 4. The summed E-state index contributed by atoms with van der Waals surface area (Å²) in [5.74, 6) is 0.431. The summed E-state index contributed by atoms with van der Waals surface area (Å²) in [7, 11) is 2.27. The van der Waals surface area contributed by atoms with E-state index in [1.807, 2.05) is 19.0 Å². The van der Waals surface area contributed by atoms with Gasteiger partial charge in [0.15, 0.2) is 0 Å². The minimum absolute atomic E-state index is 0.431. The average molecular weight is 306 g/mol. The van der Waals surface area contributed by atoms with E-state index in [1.165, 1.54) is 4.31 Å². The molecule has 7 heteroatoms. The lowest BCUT2D eigenvalue weighted by atomic mass is 10.00. The molecule has 1 fully saturated rings. The molecule has 1 atom stereocenters. The van der Waals surface area contributed by atoms with Crippen LogP contribution in [0.15, 0.2) is 0 Å². The van der Waals surface area contributed by atoms with E-state index in [0.29, 0.717) is 25.6 Å². The molecule has 6 nitrogen and oxygen atoms in total. The largest absolute Gasteiger partial charge is 0.317 e. The smallest absolute Gasteiger partial charge is 0.281 e. The van der Waals surface area contributed by atoms with Gasteiger partial charge in [-0.1, -0.05) is 6.92 Å². The molecule has 20 heavy (non-hydrogen) atoms. The second-order valence-electron chi connectivity index (χ2n) is 5.81. The standard InChI is InChI=1S/C13H30N4O2S/c1-5-14-11-13-7-6-8-17(12-13)20(18,19)16(4)10-9-15(2)3/h13-14H,5-12H2,1-4H3. The Morgan fingerprint density at radius 2 is 1.95 bits per heavy atom. The molecule has 0 aromatic rings. The fourth-order valence-corrected chi connectivity index (χ4v) is 3.87. The normalized spacial score (nSPS) is 21.8. The summed E-state index contributed by atoms with van der Waals surface area (Å²) in [6.45, 7) is 6.48. The summed E-state index contributed by atoms with van der Waals surface area (Å²) in [4.78, 5) is 2.00. The van der Waals surface area contributed by atoms with E-state index in [9.17, 15) is 8.42 Å². The lowest BCUT2D eigenvalue weighted by Crippen LogP contribution is -2.49. The van der Waals surface area contributed by atoms with Crippen molar-refractivity contribution in [3.05, 3.63) is 0 Å². The third kappa shape index (κ3) is 5.29. The van der Waals surface area contributed by atoms with E-state index >= 15 is 0 Å². The topological polar surface area (TPSA) is 55.9 Å². The van der Waals surface area contributed by atoms with Gasteiger partial charge in [-0.2, -0.15) is 17.0 Å². The zero-order chi connectivity index (χ0) is 15.2. The number of likely N-dealkylation sites (N-methyl/N-ethyl adjacent to an activating group) is 2. The SMILES string of the molecule is CCNCC1CCCN(S(=O)(=O)N(C)CCN(C)C)C1. The van der Waals surface area contributed by atoms with Crippen molar-refractivity contribution in [2.75, 3.05) is 60.4 Å². The Kier molecular flexibility index (Phi) is 7.39. The van der Waals surface area contributed by atoms with Crippen LogP contribution in [-0.4, -0.2) is 82.3 Å². The summed E-state index contributed by atoms with van der Waals surface area (Å²) < 4.78 is 28.2. The van der Waals surface area contributed by atoms with E-state index in [2.05, 4.69) is 12.2 Å². The summed E-state index contributed by atoms with van der Waals surface area (Å²) >= 11 is 0. The Morgan fingerprint density at radius 1 is 1.25 bits per heavy atom. The van der Waals surface area contributed by atoms with Crippen molar-refractivity contribution < 1.29 is 8.42 Å². The lowest BCUT2D eigenvalue weighted by molar-refractivity contribution is 0.244. The maximum absolute atomic E-state index is 12.5. The maximum Gasteiger partial charge on any atom is 0.281 e. The van der Waals surface area contributed by atoms with Crippen LogP contribution in [0.3, 0.4) is 0 Å². The fourth-order valence-electron chi connectivity index (χ4n) is 2.40. The van der Waals surface area contributed by atoms with Gasteiger partial charge in [0.25, 0.3) is 10.2 Å². The van der Waals surface area contributed by atoms with Crippen molar-refractivity contribution in [1.29, 1.82) is 0 Å². The van der Waals surface area contributed by atoms with E-state index in [4.69, 9.17) is 0 Å². The first kappa shape index (κ1) is 17.8. The highest BCUT2D eigenvalue weighted by Crippen LogP contribution is 2.20. The summed E-state index contributed by atoms with van der Waals surface area (Å²) in [6, 6.07) is 0. The first-order valence-corrected chi connectivity index (χ1v) is 8.84. The predicted octanol–water partition coefficient (Wildman–Crippen LogP) is 0.0461. The molecule has 0 bridgehead atoms. The van der Waals surface area contributed by atoms with Gasteiger partial charge in [0, 0.05) is 33.2 Å². The Hall–Kier alpha value is -0.210. The average Bonchev–Trinajstić information content (AvgIpc) is 2.42. The number of rotatable bonds is 8. The molecule has 1 aliphatic rings.